The van der Waals surface area contributed by atoms with Crippen LogP contribution in [0.5, 0.6) is 0 Å². The van der Waals surface area contributed by atoms with Crippen LogP contribution in [0.15, 0.2) is 28.8 Å². The molecule has 118 valence electrons. The zero-order valence-electron chi connectivity index (χ0n) is 12.7. The lowest BCUT2D eigenvalue weighted by molar-refractivity contribution is -0.119. The van der Waals surface area contributed by atoms with Gasteiger partial charge in [0.05, 0.1) is 22.1 Å². The summed E-state index contributed by atoms with van der Waals surface area (Å²) in [6.07, 6.45) is 0. The van der Waals surface area contributed by atoms with Crippen LogP contribution in [0.2, 0.25) is 5.02 Å². The van der Waals surface area contributed by atoms with Crippen molar-refractivity contribution in [3.63, 3.8) is 0 Å². The average molecular weight is 340 g/mol. The maximum atomic E-state index is 11.7. The van der Waals surface area contributed by atoms with Gasteiger partial charge in [0.15, 0.2) is 5.82 Å². The van der Waals surface area contributed by atoms with Crippen LogP contribution in [0.4, 0.5) is 0 Å². The Bertz CT molecular complexity index is 652. The van der Waals surface area contributed by atoms with Crippen molar-refractivity contribution in [3.05, 3.63) is 35.1 Å². The molecule has 0 saturated heterocycles. The van der Waals surface area contributed by atoms with Gasteiger partial charge in [-0.25, -0.2) is 0 Å². The van der Waals surface area contributed by atoms with E-state index in [1.54, 1.807) is 6.07 Å². The highest BCUT2D eigenvalue weighted by atomic mass is 35.5. The van der Waals surface area contributed by atoms with E-state index in [-0.39, 0.29) is 11.4 Å². The van der Waals surface area contributed by atoms with Gasteiger partial charge >= 0.3 is 0 Å². The molecule has 2 aromatic rings. The number of aromatic nitrogens is 2. The highest BCUT2D eigenvalue weighted by molar-refractivity contribution is 7.99. The number of benzene rings is 1. The van der Waals surface area contributed by atoms with Gasteiger partial charge in [0, 0.05) is 5.54 Å². The molecule has 1 heterocycles. The number of hydrogen-bond donors (Lipinski definition) is 1. The van der Waals surface area contributed by atoms with Crippen LogP contribution in [0, 0.1) is 0 Å². The molecule has 1 N–H and O–H groups in total. The first-order valence-electron chi connectivity index (χ1n) is 6.81. The lowest BCUT2D eigenvalue weighted by atomic mass is 10.1. The van der Waals surface area contributed by atoms with Gasteiger partial charge in [0.25, 0.3) is 5.89 Å². The van der Waals surface area contributed by atoms with Crippen molar-refractivity contribution >= 4 is 29.3 Å². The molecule has 1 amide bonds. The first-order valence-corrected chi connectivity index (χ1v) is 8.35. The van der Waals surface area contributed by atoms with Crippen molar-refractivity contribution in [1.82, 2.24) is 15.5 Å². The third-order valence-electron chi connectivity index (χ3n) is 2.55. The number of hydrogen-bond acceptors (Lipinski definition) is 5. The lowest BCUT2D eigenvalue weighted by Crippen LogP contribution is -2.41. The van der Waals surface area contributed by atoms with Crippen molar-refractivity contribution in [1.29, 1.82) is 0 Å². The summed E-state index contributed by atoms with van der Waals surface area (Å²) in [5.41, 5.74) is 0.486. The second kappa shape index (κ2) is 7.15. The zero-order valence-corrected chi connectivity index (χ0v) is 14.3. The van der Waals surface area contributed by atoms with Crippen molar-refractivity contribution in [2.45, 2.75) is 32.1 Å². The van der Waals surface area contributed by atoms with E-state index in [0.29, 0.717) is 33.8 Å². The summed E-state index contributed by atoms with van der Waals surface area (Å²) >= 11 is 7.53. The summed E-state index contributed by atoms with van der Waals surface area (Å²) < 4.78 is 5.21. The Kier molecular flexibility index (Phi) is 5.47. The van der Waals surface area contributed by atoms with Gasteiger partial charge in [-0.1, -0.05) is 28.9 Å². The van der Waals surface area contributed by atoms with Crippen molar-refractivity contribution in [2.24, 2.45) is 0 Å². The molecule has 0 atom stereocenters. The highest BCUT2D eigenvalue weighted by Crippen LogP contribution is 2.26. The summed E-state index contributed by atoms with van der Waals surface area (Å²) in [5.74, 6) is 1.79. The number of nitrogens with zero attached hydrogens (tertiary/aromatic N) is 2. The van der Waals surface area contributed by atoms with Gasteiger partial charge in [-0.15, -0.1) is 11.8 Å². The molecule has 0 aliphatic rings. The number of thioether (sulfide) groups is 1. The molecule has 0 aliphatic carbocycles. The van der Waals surface area contributed by atoms with E-state index >= 15 is 0 Å². The van der Waals surface area contributed by atoms with Crippen molar-refractivity contribution < 1.29 is 9.32 Å². The third kappa shape index (κ3) is 5.03. The van der Waals surface area contributed by atoms with E-state index in [0.717, 1.165) is 0 Å². The maximum Gasteiger partial charge on any atom is 0.259 e. The largest absolute Gasteiger partial charge is 0.351 e. The summed E-state index contributed by atoms with van der Waals surface area (Å²) in [5, 5.41) is 7.38. The Balaban J connectivity index is 1.88. The summed E-state index contributed by atoms with van der Waals surface area (Å²) in [4.78, 5) is 16.0. The van der Waals surface area contributed by atoms with E-state index in [9.17, 15) is 4.79 Å². The van der Waals surface area contributed by atoms with Crippen molar-refractivity contribution in [2.75, 3.05) is 5.75 Å². The first-order chi connectivity index (χ1) is 10.3. The minimum Gasteiger partial charge on any atom is -0.351 e. The molecule has 0 unspecified atom stereocenters. The van der Waals surface area contributed by atoms with E-state index < -0.39 is 0 Å². The van der Waals surface area contributed by atoms with E-state index in [1.807, 2.05) is 39.0 Å². The van der Waals surface area contributed by atoms with E-state index in [2.05, 4.69) is 15.5 Å². The van der Waals surface area contributed by atoms with Gasteiger partial charge < -0.3 is 9.84 Å². The monoisotopic (exact) mass is 339 g/mol. The van der Waals surface area contributed by atoms with Gasteiger partial charge in [-0.2, -0.15) is 4.98 Å². The first kappa shape index (κ1) is 16.8. The minimum absolute atomic E-state index is 0.00711. The fourth-order valence-corrected chi connectivity index (χ4v) is 2.62. The van der Waals surface area contributed by atoms with Crippen LogP contribution in [0.1, 0.15) is 26.6 Å². The molecule has 0 fully saturated rings. The average Bonchev–Trinajstić information content (AvgIpc) is 2.85. The second-order valence-electron chi connectivity index (χ2n) is 5.79. The van der Waals surface area contributed by atoms with Crippen LogP contribution in [0.25, 0.3) is 11.5 Å². The van der Waals surface area contributed by atoms with Gasteiger partial charge in [0.2, 0.25) is 5.91 Å². The fourth-order valence-electron chi connectivity index (χ4n) is 1.75. The van der Waals surface area contributed by atoms with Gasteiger partial charge in [-0.3, -0.25) is 4.79 Å². The standard InChI is InChI=1S/C15H18ClN3O2S/c1-15(2,3)18-13(20)9-22-8-12-17-14(21-19-12)10-6-4-5-7-11(10)16/h4-7H,8-9H2,1-3H3,(H,18,20). The fraction of sp³-hybridized carbons (Fsp3) is 0.400. The molecule has 1 aromatic heterocycles. The number of carbonyl (C=O) groups is 1. The molecule has 7 heteroatoms. The van der Waals surface area contributed by atoms with E-state index in [4.69, 9.17) is 16.1 Å². The molecule has 0 aliphatic heterocycles. The minimum atomic E-state index is -0.221. The summed E-state index contributed by atoms with van der Waals surface area (Å²) in [6.45, 7) is 5.85. The highest BCUT2D eigenvalue weighted by Gasteiger charge is 2.15. The molecule has 0 bridgehead atoms. The zero-order chi connectivity index (χ0) is 16.2. The van der Waals surface area contributed by atoms with Gasteiger partial charge in [-0.05, 0) is 32.9 Å². The van der Waals surface area contributed by atoms with Crippen LogP contribution in [0.3, 0.4) is 0 Å². The van der Waals surface area contributed by atoms with Crippen LogP contribution < -0.4 is 5.32 Å². The van der Waals surface area contributed by atoms with E-state index in [1.165, 1.54) is 11.8 Å². The number of carbonyl (C=O) groups excluding carboxylic acids is 1. The normalized spacial score (nSPS) is 11.5. The smallest absolute Gasteiger partial charge is 0.259 e. The topological polar surface area (TPSA) is 68.0 Å². The molecule has 5 nitrogen and oxygen atoms in total. The predicted octanol–water partition coefficient (Wildman–Crippen LogP) is 3.54. The molecule has 1 aromatic carbocycles. The van der Waals surface area contributed by atoms with Crippen LogP contribution in [-0.4, -0.2) is 27.3 Å². The quantitative estimate of drug-likeness (QED) is 0.902. The molecule has 0 spiro atoms. The Labute approximate surface area is 138 Å². The Morgan fingerprint density at radius 3 is 2.77 bits per heavy atom. The molecule has 0 saturated carbocycles. The molecular formula is C15H18ClN3O2S. The van der Waals surface area contributed by atoms with Crippen LogP contribution in [-0.2, 0) is 10.5 Å². The second-order valence-corrected chi connectivity index (χ2v) is 7.18. The Morgan fingerprint density at radius 1 is 1.36 bits per heavy atom. The number of amides is 1. The van der Waals surface area contributed by atoms with Gasteiger partial charge in [0.1, 0.15) is 0 Å². The third-order valence-corrected chi connectivity index (χ3v) is 3.81. The SMILES string of the molecule is CC(C)(C)NC(=O)CSCc1noc(-c2ccccc2Cl)n1. The maximum absolute atomic E-state index is 11.7. The number of nitrogens with one attached hydrogen (secondary N) is 1. The predicted molar refractivity (Wildman–Crippen MR) is 88.8 cm³/mol. The molecule has 0 radical (unpaired) electrons. The van der Waals surface area contributed by atoms with Crippen LogP contribution >= 0.6 is 23.4 Å². The number of halogens is 1. The lowest BCUT2D eigenvalue weighted by Gasteiger charge is -2.20. The molecular weight excluding hydrogens is 322 g/mol. The molecule has 2 rings (SSSR count). The number of rotatable bonds is 5. The van der Waals surface area contributed by atoms with Crippen molar-refractivity contribution in [3.8, 4) is 11.5 Å². The summed E-state index contributed by atoms with van der Waals surface area (Å²) in [7, 11) is 0. The molecule has 22 heavy (non-hydrogen) atoms. The summed E-state index contributed by atoms with van der Waals surface area (Å²) in [6, 6.07) is 7.29. The Hall–Kier alpha value is -1.53. The Morgan fingerprint density at radius 2 is 2.09 bits per heavy atom.